The maximum atomic E-state index is 11.8. The molecule has 2 rings (SSSR count). The number of rotatable bonds is 7. The number of hydrogen-bond donors (Lipinski definition) is 4. The van der Waals surface area contributed by atoms with Crippen LogP contribution in [-0.4, -0.2) is 36.2 Å². The largest absolute Gasteiger partial charge is 0.478 e. The van der Waals surface area contributed by atoms with Gasteiger partial charge in [-0.3, -0.25) is 0 Å². The van der Waals surface area contributed by atoms with Gasteiger partial charge in [-0.1, -0.05) is 6.07 Å². The van der Waals surface area contributed by atoms with E-state index in [0.29, 0.717) is 17.1 Å². The molecule has 1 fully saturated rings. The topological polar surface area (TPSA) is 90.5 Å². The van der Waals surface area contributed by atoms with Crippen molar-refractivity contribution >= 4 is 33.6 Å². The summed E-state index contributed by atoms with van der Waals surface area (Å²) in [7, 11) is 0. The second-order valence-corrected chi connectivity index (χ2v) is 5.78. The molecule has 1 aliphatic carbocycles. The molecule has 0 heterocycles. The molecule has 0 unspecified atom stereocenters. The highest BCUT2D eigenvalue weighted by Gasteiger charge is 2.19. The van der Waals surface area contributed by atoms with Crippen LogP contribution in [0.1, 0.15) is 29.6 Å². The fraction of sp³-hybridized carbons (Fsp3) is 0.429. The smallest absolute Gasteiger partial charge is 0.337 e. The SMILES string of the molecule is O=C(NCCCNC1CC1)Nc1c(Br)cccc1C(=O)O. The number of carbonyl (C=O) groups excluding carboxylic acids is 1. The number of carboxylic acid groups (broad SMARTS) is 1. The van der Waals surface area contributed by atoms with E-state index in [1.807, 2.05) is 0 Å². The summed E-state index contributed by atoms with van der Waals surface area (Å²) in [6, 6.07) is 5.00. The van der Waals surface area contributed by atoms with Gasteiger partial charge in [-0.25, -0.2) is 9.59 Å². The van der Waals surface area contributed by atoms with Gasteiger partial charge < -0.3 is 21.1 Å². The molecule has 2 amide bonds. The summed E-state index contributed by atoms with van der Waals surface area (Å²) in [4.78, 5) is 22.9. The van der Waals surface area contributed by atoms with Gasteiger partial charge in [-0.05, 0) is 53.9 Å². The summed E-state index contributed by atoms with van der Waals surface area (Å²) in [5, 5.41) is 17.8. The highest BCUT2D eigenvalue weighted by atomic mass is 79.9. The molecule has 21 heavy (non-hydrogen) atoms. The molecule has 0 spiro atoms. The van der Waals surface area contributed by atoms with E-state index in [1.165, 1.54) is 18.9 Å². The number of para-hydroxylation sites is 1. The lowest BCUT2D eigenvalue weighted by Gasteiger charge is -2.11. The number of benzene rings is 1. The van der Waals surface area contributed by atoms with Crippen molar-refractivity contribution in [1.29, 1.82) is 0 Å². The van der Waals surface area contributed by atoms with Crippen LogP contribution in [0.15, 0.2) is 22.7 Å². The third-order valence-electron chi connectivity index (χ3n) is 3.13. The second kappa shape index (κ2) is 7.42. The summed E-state index contributed by atoms with van der Waals surface area (Å²) in [5.74, 6) is -1.08. The maximum Gasteiger partial charge on any atom is 0.337 e. The van der Waals surface area contributed by atoms with Crippen LogP contribution in [0.3, 0.4) is 0 Å². The van der Waals surface area contributed by atoms with Crippen molar-refractivity contribution < 1.29 is 14.7 Å². The van der Waals surface area contributed by atoms with Crippen LogP contribution in [0.2, 0.25) is 0 Å². The predicted octanol–water partition coefficient (Wildman–Crippen LogP) is 2.41. The number of amides is 2. The zero-order chi connectivity index (χ0) is 15.2. The Kier molecular flexibility index (Phi) is 5.58. The number of nitrogens with one attached hydrogen (secondary N) is 3. The molecule has 1 aliphatic rings. The van der Waals surface area contributed by atoms with E-state index in [9.17, 15) is 9.59 Å². The van der Waals surface area contributed by atoms with Gasteiger partial charge in [-0.15, -0.1) is 0 Å². The van der Waals surface area contributed by atoms with Gasteiger partial charge in [0.1, 0.15) is 0 Å². The molecule has 7 heteroatoms. The molecule has 1 aromatic carbocycles. The zero-order valence-corrected chi connectivity index (χ0v) is 13.1. The van der Waals surface area contributed by atoms with Gasteiger partial charge >= 0.3 is 12.0 Å². The Labute approximate surface area is 131 Å². The Hall–Kier alpha value is -1.60. The Morgan fingerprint density at radius 3 is 2.71 bits per heavy atom. The predicted molar refractivity (Wildman–Crippen MR) is 83.8 cm³/mol. The molecule has 0 radical (unpaired) electrons. The Morgan fingerprint density at radius 2 is 2.05 bits per heavy atom. The number of urea groups is 1. The molecule has 0 bridgehead atoms. The third kappa shape index (κ3) is 5.02. The van der Waals surface area contributed by atoms with Crippen LogP contribution in [0, 0.1) is 0 Å². The quantitative estimate of drug-likeness (QED) is 0.565. The number of halogens is 1. The van der Waals surface area contributed by atoms with Crippen molar-refractivity contribution in [2.45, 2.75) is 25.3 Å². The molecule has 0 aliphatic heterocycles. The molecule has 0 atom stereocenters. The van der Waals surface area contributed by atoms with E-state index in [0.717, 1.165) is 13.0 Å². The normalized spacial score (nSPS) is 13.8. The van der Waals surface area contributed by atoms with E-state index in [1.54, 1.807) is 12.1 Å². The van der Waals surface area contributed by atoms with Crippen LogP contribution in [0.5, 0.6) is 0 Å². The van der Waals surface area contributed by atoms with Crippen LogP contribution >= 0.6 is 15.9 Å². The van der Waals surface area contributed by atoms with Crippen LogP contribution < -0.4 is 16.0 Å². The standard InChI is InChI=1S/C14H18BrN3O3/c15-11-4-1-3-10(13(19)20)12(11)18-14(21)17-8-2-7-16-9-5-6-9/h1,3-4,9,16H,2,5-8H2,(H,19,20)(H2,17,18,21). The van der Waals surface area contributed by atoms with Crippen molar-refractivity contribution in [2.24, 2.45) is 0 Å². The number of aromatic carboxylic acids is 1. The van der Waals surface area contributed by atoms with Gasteiger partial charge in [0, 0.05) is 17.1 Å². The minimum absolute atomic E-state index is 0.0509. The molecule has 4 N–H and O–H groups in total. The van der Waals surface area contributed by atoms with E-state index in [4.69, 9.17) is 5.11 Å². The molecule has 0 aromatic heterocycles. The van der Waals surface area contributed by atoms with Crippen molar-refractivity contribution in [3.8, 4) is 0 Å². The monoisotopic (exact) mass is 355 g/mol. The second-order valence-electron chi connectivity index (χ2n) is 4.93. The van der Waals surface area contributed by atoms with E-state index >= 15 is 0 Å². The lowest BCUT2D eigenvalue weighted by atomic mass is 10.2. The first kappa shape index (κ1) is 15.8. The zero-order valence-electron chi connectivity index (χ0n) is 11.5. The third-order valence-corrected chi connectivity index (χ3v) is 3.79. The highest BCUT2D eigenvalue weighted by molar-refractivity contribution is 9.10. The summed E-state index contributed by atoms with van der Waals surface area (Å²) < 4.78 is 0.535. The van der Waals surface area contributed by atoms with Crippen LogP contribution in [-0.2, 0) is 0 Å². The molecule has 1 aromatic rings. The first-order valence-corrected chi connectivity index (χ1v) is 7.67. The first-order valence-electron chi connectivity index (χ1n) is 6.88. The molecular formula is C14H18BrN3O3. The van der Waals surface area contributed by atoms with Gasteiger partial charge in [0.05, 0.1) is 11.3 Å². The molecule has 6 nitrogen and oxygen atoms in total. The fourth-order valence-electron chi connectivity index (χ4n) is 1.87. The Morgan fingerprint density at radius 1 is 1.29 bits per heavy atom. The maximum absolute atomic E-state index is 11.8. The minimum atomic E-state index is -1.08. The number of anilines is 1. The average molecular weight is 356 g/mol. The molecule has 114 valence electrons. The summed E-state index contributed by atoms with van der Waals surface area (Å²) in [6.07, 6.45) is 3.33. The van der Waals surface area contributed by atoms with E-state index in [2.05, 4.69) is 31.9 Å². The molecule has 0 saturated heterocycles. The van der Waals surface area contributed by atoms with Gasteiger partial charge in [0.2, 0.25) is 0 Å². The summed E-state index contributed by atoms with van der Waals surface area (Å²) >= 11 is 3.24. The number of carbonyl (C=O) groups is 2. The molecule has 1 saturated carbocycles. The van der Waals surface area contributed by atoms with Crippen molar-refractivity contribution in [3.63, 3.8) is 0 Å². The summed E-state index contributed by atoms with van der Waals surface area (Å²) in [6.45, 7) is 1.42. The van der Waals surface area contributed by atoms with Gasteiger partial charge in [0.15, 0.2) is 0 Å². The Balaban J connectivity index is 1.80. The minimum Gasteiger partial charge on any atom is -0.478 e. The van der Waals surface area contributed by atoms with E-state index in [-0.39, 0.29) is 11.3 Å². The van der Waals surface area contributed by atoms with Gasteiger partial charge in [0.25, 0.3) is 0 Å². The number of carboxylic acids is 1. The Bertz CT molecular complexity index is 532. The summed E-state index contributed by atoms with van der Waals surface area (Å²) in [5.41, 5.74) is 0.313. The van der Waals surface area contributed by atoms with Gasteiger partial charge in [-0.2, -0.15) is 0 Å². The average Bonchev–Trinajstić information content (AvgIpc) is 3.24. The first-order chi connectivity index (χ1) is 10.1. The lowest BCUT2D eigenvalue weighted by Crippen LogP contribution is -2.32. The highest BCUT2D eigenvalue weighted by Crippen LogP contribution is 2.26. The van der Waals surface area contributed by atoms with Crippen molar-refractivity contribution in [3.05, 3.63) is 28.2 Å². The van der Waals surface area contributed by atoms with Crippen LogP contribution in [0.4, 0.5) is 10.5 Å². The van der Waals surface area contributed by atoms with E-state index < -0.39 is 12.0 Å². The molecular weight excluding hydrogens is 338 g/mol. The fourth-order valence-corrected chi connectivity index (χ4v) is 2.34. The van der Waals surface area contributed by atoms with Crippen LogP contribution in [0.25, 0.3) is 0 Å². The van der Waals surface area contributed by atoms with Crippen molar-refractivity contribution in [2.75, 3.05) is 18.4 Å². The lowest BCUT2D eigenvalue weighted by molar-refractivity contribution is 0.0698. The number of hydrogen-bond acceptors (Lipinski definition) is 3. The van der Waals surface area contributed by atoms with Crippen molar-refractivity contribution in [1.82, 2.24) is 10.6 Å².